The van der Waals surface area contributed by atoms with Gasteiger partial charge >= 0.3 is 0 Å². The molecule has 0 amide bonds. The number of aliphatic hydroxyl groups is 1. The molecule has 1 aromatic heterocycles. The Balaban J connectivity index is 1.92. The summed E-state index contributed by atoms with van der Waals surface area (Å²) < 4.78 is 2.13. The molecular weight excluding hydrogens is 334 g/mol. The summed E-state index contributed by atoms with van der Waals surface area (Å²) in [6.07, 6.45) is 0.517. The first-order valence-corrected chi connectivity index (χ1v) is 7.98. The van der Waals surface area contributed by atoms with Gasteiger partial charge in [0.25, 0.3) is 0 Å². The first kappa shape index (κ1) is 13.7. The number of hydrogen-bond acceptors (Lipinski definition) is 3. The second-order valence-electron chi connectivity index (χ2n) is 5.04. The van der Waals surface area contributed by atoms with Crippen molar-refractivity contribution in [2.45, 2.75) is 18.9 Å². The van der Waals surface area contributed by atoms with Crippen molar-refractivity contribution in [3.05, 3.63) is 63.6 Å². The monoisotopic (exact) mass is 347 g/mol. The van der Waals surface area contributed by atoms with E-state index in [1.54, 1.807) is 11.3 Å². The van der Waals surface area contributed by atoms with Gasteiger partial charge in [0.2, 0.25) is 0 Å². The summed E-state index contributed by atoms with van der Waals surface area (Å²) in [6, 6.07) is 15.8. The second-order valence-corrected chi connectivity index (χ2v) is 7.07. The molecule has 3 aromatic rings. The third kappa shape index (κ3) is 2.77. The zero-order chi connectivity index (χ0) is 14.2. The van der Waals surface area contributed by atoms with Crippen LogP contribution in [0.25, 0.3) is 10.2 Å². The normalized spacial score (nSPS) is 14.3. The van der Waals surface area contributed by atoms with Crippen LogP contribution in [0.1, 0.15) is 17.5 Å². The number of halogens is 1. The Morgan fingerprint density at radius 2 is 2.00 bits per heavy atom. The molecule has 102 valence electrons. The van der Waals surface area contributed by atoms with Crippen molar-refractivity contribution in [1.82, 2.24) is 4.98 Å². The van der Waals surface area contributed by atoms with Crippen molar-refractivity contribution in [2.24, 2.45) is 0 Å². The average molecular weight is 348 g/mol. The third-order valence-corrected chi connectivity index (χ3v) is 4.81. The molecule has 0 aliphatic heterocycles. The van der Waals surface area contributed by atoms with Crippen LogP contribution in [0.15, 0.2) is 53.0 Å². The van der Waals surface area contributed by atoms with Crippen molar-refractivity contribution >= 4 is 37.5 Å². The molecule has 0 bridgehead atoms. The number of rotatable bonds is 3. The highest BCUT2D eigenvalue weighted by atomic mass is 79.9. The summed E-state index contributed by atoms with van der Waals surface area (Å²) in [7, 11) is 0. The number of fused-ring (bicyclic) bond motifs is 1. The lowest BCUT2D eigenvalue weighted by atomic mass is 9.93. The molecule has 20 heavy (non-hydrogen) atoms. The number of thiazole rings is 1. The van der Waals surface area contributed by atoms with E-state index in [2.05, 4.69) is 27.0 Å². The number of para-hydroxylation sites is 1. The molecule has 0 fully saturated rings. The van der Waals surface area contributed by atoms with Crippen LogP contribution >= 0.6 is 27.3 Å². The van der Waals surface area contributed by atoms with E-state index in [0.29, 0.717) is 6.42 Å². The molecule has 0 saturated carbocycles. The first-order valence-electron chi connectivity index (χ1n) is 6.37. The van der Waals surface area contributed by atoms with Gasteiger partial charge in [0.05, 0.1) is 20.8 Å². The van der Waals surface area contributed by atoms with E-state index in [0.717, 1.165) is 25.3 Å². The van der Waals surface area contributed by atoms with Gasteiger partial charge < -0.3 is 5.11 Å². The van der Waals surface area contributed by atoms with Crippen LogP contribution in [0.2, 0.25) is 0 Å². The van der Waals surface area contributed by atoms with Crippen molar-refractivity contribution in [1.29, 1.82) is 0 Å². The van der Waals surface area contributed by atoms with Crippen LogP contribution in [-0.4, -0.2) is 10.1 Å². The Labute approximate surface area is 130 Å². The van der Waals surface area contributed by atoms with E-state index < -0.39 is 5.60 Å². The molecule has 3 rings (SSSR count). The molecule has 2 aromatic carbocycles. The zero-order valence-corrected chi connectivity index (χ0v) is 13.4. The summed E-state index contributed by atoms with van der Waals surface area (Å²) in [5, 5.41) is 11.7. The summed E-state index contributed by atoms with van der Waals surface area (Å²) in [6.45, 7) is 1.83. The van der Waals surface area contributed by atoms with Crippen molar-refractivity contribution in [3.63, 3.8) is 0 Å². The molecule has 0 radical (unpaired) electrons. The maximum absolute atomic E-state index is 10.7. The fraction of sp³-hybridized carbons (Fsp3) is 0.188. The quantitative estimate of drug-likeness (QED) is 0.756. The minimum absolute atomic E-state index is 0.517. The molecule has 1 unspecified atom stereocenters. The minimum Gasteiger partial charge on any atom is -0.385 e. The lowest BCUT2D eigenvalue weighted by Gasteiger charge is -2.22. The highest BCUT2D eigenvalue weighted by Crippen LogP contribution is 2.30. The van der Waals surface area contributed by atoms with E-state index in [9.17, 15) is 5.11 Å². The standard InChI is InChI=1S/C16H14BrNOS/c1-16(19,11-5-4-6-12(17)9-11)10-15-18-13-7-2-3-8-14(13)20-15/h2-9,19H,10H2,1H3. The SMILES string of the molecule is CC(O)(Cc1nc2ccccc2s1)c1cccc(Br)c1. The van der Waals surface area contributed by atoms with Gasteiger partial charge in [-0.25, -0.2) is 4.98 Å². The van der Waals surface area contributed by atoms with Crippen molar-refractivity contribution < 1.29 is 5.11 Å². The summed E-state index contributed by atoms with van der Waals surface area (Å²) in [4.78, 5) is 4.59. The predicted molar refractivity (Wildman–Crippen MR) is 87.0 cm³/mol. The third-order valence-electron chi connectivity index (χ3n) is 3.28. The van der Waals surface area contributed by atoms with Gasteiger partial charge in [0, 0.05) is 10.9 Å². The van der Waals surface area contributed by atoms with Crippen LogP contribution in [-0.2, 0) is 12.0 Å². The van der Waals surface area contributed by atoms with Crippen LogP contribution in [0.5, 0.6) is 0 Å². The van der Waals surface area contributed by atoms with Crippen LogP contribution in [0.4, 0.5) is 0 Å². The molecule has 0 aliphatic carbocycles. The molecule has 0 saturated heterocycles. The Bertz CT molecular complexity index is 718. The van der Waals surface area contributed by atoms with Crippen LogP contribution < -0.4 is 0 Å². The Hall–Kier alpha value is -1.23. The summed E-state index contributed by atoms with van der Waals surface area (Å²) in [5.41, 5.74) is 0.973. The topological polar surface area (TPSA) is 33.1 Å². The van der Waals surface area contributed by atoms with Gasteiger partial charge in [0.15, 0.2) is 0 Å². The molecule has 1 atom stereocenters. The van der Waals surface area contributed by atoms with Gasteiger partial charge in [-0.15, -0.1) is 11.3 Å². The molecule has 4 heteroatoms. The summed E-state index contributed by atoms with van der Waals surface area (Å²) in [5.74, 6) is 0. The van der Waals surface area contributed by atoms with Gasteiger partial charge in [0.1, 0.15) is 0 Å². The smallest absolute Gasteiger partial charge is 0.0970 e. The molecule has 1 N–H and O–H groups in total. The number of hydrogen-bond donors (Lipinski definition) is 1. The number of aromatic nitrogens is 1. The van der Waals surface area contributed by atoms with E-state index >= 15 is 0 Å². The highest BCUT2D eigenvalue weighted by Gasteiger charge is 2.25. The predicted octanol–water partition coefficient (Wildman–Crippen LogP) is 4.51. The van der Waals surface area contributed by atoms with E-state index in [1.807, 2.05) is 49.4 Å². The lowest BCUT2D eigenvalue weighted by molar-refractivity contribution is 0.0575. The Morgan fingerprint density at radius 1 is 1.20 bits per heavy atom. The Kier molecular flexibility index (Phi) is 3.63. The van der Waals surface area contributed by atoms with Gasteiger partial charge in [-0.05, 0) is 36.8 Å². The van der Waals surface area contributed by atoms with Gasteiger partial charge in [-0.1, -0.05) is 40.2 Å². The van der Waals surface area contributed by atoms with Gasteiger partial charge in [-0.2, -0.15) is 0 Å². The average Bonchev–Trinajstić information content (AvgIpc) is 2.80. The second kappa shape index (κ2) is 5.28. The fourth-order valence-electron chi connectivity index (χ4n) is 2.22. The van der Waals surface area contributed by atoms with E-state index in [-0.39, 0.29) is 0 Å². The highest BCUT2D eigenvalue weighted by molar-refractivity contribution is 9.10. The van der Waals surface area contributed by atoms with Crippen LogP contribution in [0.3, 0.4) is 0 Å². The minimum atomic E-state index is -0.919. The first-order chi connectivity index (χ1) is 9.54. The maximum atomic E-state index is 10.7. The van der Waals surface area contributed by atoms with E-state index in [1.165, 1.54) is 0 Å². The molecule has 0 spiro atoms. The fourth-order valence-corrected chi connectivity index (χ4v) is 3.73. The number of nitrogens with zero attached hydrogens (tertiary/aromatic N) is 1. The summed E-state index contributed by atoms with van der Waals surface area (Å²) >= 11 is 5.08. The molecule has 0 aliphatic rings. The van der Waals surface area contributed by atoms with Crippen molar-refractivity contribution in [3.8, 4) is 0 Å². The van der Waals surface area contributed by atoms with Crippen LogP contribution in [0, 0.1) is 0 Å². The molecular formula is C16H14BrNOS. The largest absolute Gasteiger partial charge is 0.385 e. The van der Waals surface area contributed by atoms with E-state index in [4.69, 9.17) is 0 Å². The Morgan fingerprint density at radius 3 is 2.75 bits per heavy atom. The number of benzene rings is 2. The van der Waals surface area contributed by atoms with Crippen molar-refractivity contribution in [2.75, 3.05) is 0 Å². The molecule has 2 nitrogen and oxygen atoms in total. The van der Waals surface area contributed by atoms with Gasteiger partial charge in [-0.3, -0.25) is 0 Å². The zero-order valence-electron chi connectivity index (χ0n) is 11.0. The lowest BCUT2D eigenvalue weighted by Crippen LogP contribution is -2.24. The molecule has 1 heterocycles. The maximum Gasteiger partial charge on any atom is 0.0970 e.